The van der Waals surface area contributed by atoms with Crippen LogP contribution < -0.4 is 25.0 Å². The Kier molecular flexibility index (Phi) is 8.05. The van der Waals surface area contributed by atoms with Crippen molar-refractivity contribution in [2.24, 2.45) is 5.41 Å². The molecule has 1 saturated heterocycles. The number of aliphatic hydroxyl groups excluding tert-OH is 1. The van der Waals surface area contributed by atoms with Crippen LogP contribution >= 0.6 is 9.24 Å². The van der Waals surface area contributed by atoms with Gasteiger partial charge >= 0.3 is 0 Å². The average Bonchev–Trinajstić information content (AvgIpc) is 2.94. The molecule has 1 saturated carbocycles. The van der Waals surface area contributed by atoms with E-state index in [1.807, 2.05) is 49.9 Å². The Balaban J connectivity index is 1.13. The summed E-state index contributed by atoms with van der Waals surface area (Å²) in [5.41, 5.74) is 2.70. The Bertz CT molecular complexity index is 1460. The summed E-state index contributed by atoms with van der Waals surface area (Å²) < 4.78 is 12.8. The molecule has 3 aromatic rings. The number of pyridine rings is 1. The molecule has 2 atom stereocenters. The molecule has 6 rings (SSSR count). The van der Waals surface area contributed by atoms with Gasteiger partial charge in [0.1, 0.15) is 23.9 Å². The minimum atomic E-state index is -0.139. The van der Waals surface area contributed by atoms with Crippen LogP contribution in [0.15, 0.2) is 43.0 Å². The quantitative estimate of drug-likeness (QED) is 0.363. The van der Waals surface area contributed by atoms with Gasteiger partial charge in [0.05, 0.1) is 30.1 Å². The largest absolute Gasteiger partial charge is 0.490 e. The number of carbonyl (C=O) groups is 1. The van der Waals surface area contributed by atoms with Gasteiger partial charge in [-0.1, -0.05) is 6.07 Å². The van der Waals surface area contributed by atoms with Crippen molar-refractivity contribution in [3.63, 3.8) is 0 Å². The lowest BCUT2D eigenvalue weighted by Gasteiger charge is -2.59. The van der Waals surface area contributed by atoms with Crippen molar-refractivity contribution in [3.05, 3.63) is 59.8 Å². The molecule has 2 fully saturated rings. The molecule has 11 heteroatoms. The number of rotatable bonds is 9. The van der Waals surface area contributed by atoms with Crippen molar-refractivity contribution in [2.45, 2.75) is 58.2 Å². The SMILES string of the molecule is CCN(C(=O)c1cc(P)ccc1Oc1cncnc1N1CC2(CC(Oc3ccnc4c3C(CO)NCC4)C2)C1)C(C)C. The first-order valence-electron chi connectivity index (χ1n) is 14.7. The summed E-state index contributed by atoms with van der Waals surface area (Å²) in [4.78, 5) is 30.8. The Morgan fingerprint density at radius 1 is 1.21 bits per heavy atom. The van der Waals surface area contributed by atoms with E-state index in [9.17, 15) is 9.90 Å². The molecule has 1 amide bonds. The van der Waals surface area contributed by atoms with Crippen LogP contribution in [0.5, 0.6) is 17.2 Å². The molecule has 3 aliphatic rings. The average molecular weight is 591 g/mol. The molecule has 1 aliphatic carbocycles. The van der Waals surface area contributed by atoms with Crippen molar-refractivity contribution in [3.8, 4) is 17.2 Å². The van der Waals surface area contributed by atoms with Crippen LogP contribution in [-0.2, 0) is 6.42 Å². The lowest BCUT2D eigenvalue weighted by molar-refractivity contribution is -0.0353. The summed E-state index contributed by atoms with van der Waals surface area (Å²) in [5, 5.41) is 14.1. The van der Waals surface area contributed by atoms with E-state index in [-0.39, 0.29) is 36.1 Å². The summed E-state index contributed by atoms with van der Waals surface area (Å²) >= 11 is 0. The number of aliphatic hydroxyl groups is 1. The first kappa shape index (κ1) is 28.8. The zero-order valence-corrected chi connectivity index (χ0v) is 25.6. The number of hydrogen-bond acceptors (Lipinski definition) is 9. The van der Waals surface area contributed by atoms with Gasteiger partial charge in [0, 0.05) is 55.8 Å². The number of fused-ring (bicyclic) bond motifs is 1. The highest BCUT2D eigenvalue weighted by molar-refractivity contribution is 7.27. The van der Waals surface area contributed by atoms with E-state index in [0.717, 1.165) is 67.0 Å². The summed E-state index contributed by atoms with van der Waals surface area (Å²) in [7, 11) is 2.66. The number of ether oxygens (including phenoxy) is 2. The van der Waals surface area contributed by atoms with E-state index >= 15 is 0 Å². The molecule has 1 spiro atoms. The number of hydrogen-bond donors (Lipinski definition) is 2. The first-order chi connectivity index (χ1) is 20.3. The molecule has 2 aliphatic heterocycles. The van der Waals surface area contributed by atoms with Gasteiger partial charge < -0.3 is 29.7 Å². The van der Waals surface area contributed by atoms with E-state index < -0.39 is 0 Å². The molecule has 1 aromatic carbocycles. The summed E-state index contributed by atoms with van der Waals surface area (Å²) in [6.45, 7) is 9.15. The molecule has 0 radical (unpaired) electrons. The van der Waals surface area contributed by atoms with Crippen molar-refractivity contribution in [1.82, 2.24) is 25.2 Å². The van der Waals surface area contributed by atoms with Crippen LogP contribution in [0.4, 0.5) is 5.82 Å². The van der Waals surface area contributed by atoms with Crippen LogP contribution in [-0.4, -0.2) is 75.8 Å². The van der Waals surface area contributed by atoms with Crippen molar-refractivity contribution in [2.75, 3.05) is 37.7 Å². The maximum Gasteiger partial charge on any atom is 0.257 e. The van der Waals surface area contributed by atoms with E-state index in [1.165, 1.54) is 6.33 Å². The normalized spacial score (nSPS) is 19.2. The molecule has 0 bridgehead atoms. The van der Waals surface area contributed by atoms with E-state index in [0.29, 0.717) is 23.6 Å². The highest BCUT2D eigenvalue weighted by Gasteiger charge is 2.54. The summed E-state index contributed by atoms with van der Waals surface area (Å²) in [6, 6.07) is 7.45. The molecule has 222 valence electrons. The van der Waals surface area contributed by atoms with Crippen LogP contribution in [0.1, 0.15) is 61.3 Å². The molecule has 2 unspecified atom stereocenters. The fraction of sp³-hybridized carbons (Fsp3) is 0.484. The fourth-order valence-electron chi connectivity index (χ4n) is 6.57. The van der Waals surface area contributed by atoms with Gasteiger partial charge in [-0.15, -0.1) is 9.24 Å². The number of nitrogens with zero attached hydrogens (tertiary/aromatic N) is 5. The Labute approximate surface area is 249 Å². The standard InChI is InChI=1S/C31H39N6O4P/c1-4-37(19(2)3)30(39)22-11-21(42)5-6-25(22)41-27-14-32-18-35-29(27)36-16-31(17-36)12-20(13-31)40-26-8-10-33-23-7-9-34-24(15-38)28(23)26/h5-6,8,10-11,14,18-20,24,34,38H,4,7,9,12-13,15-17,42H2,1-3H3. The number of benzene rings is 1. The van der Waals surface area contributed by atoms with Crippen molar-refractivity contribution in [1.29, 1.82) is 0 Å². The Hall–Kier alpha value is -3.33. The minimum absolute atomic E-state index is 0.0216. The van der Waals surface area contributed by atoms with Gasteiger partial charge in [-0.05, 0) is 57.1 Å². The predicted octanol–water partition coefficient (Wildman–Crippen LogP) is 3.26. The van der Waals surface area contributed by atoms with Crippen LogP contribution in [0.2, 0.25) is 0 Å². The first-order valence-corrected chi connectivity index (χ1v) is 15.3. The Morgan fingerprint density at radius 2 is 2.02 bits per heavy atom. The predicted molar refractivity (Wildman–Crippen MR) is 164 cm³/mol. The van der Waals surface area contributed by atoms with Crippen LogP contribution in [0.25, 0.3) is 0 Å². The Morgan fingerprint density at radius 3 is 2.76 bits per heavy atom. The number of anilines is 1. The lowest BCUT2D eigenvalue weighted by atomic mass is 9.61. The third kappa shape index (κ3) is 5.43. The molecular formula is C31H39N6O4P. The number of aromatic nitrogens is 3. The molecule has 2 aromatic heterocycles. The monoisotopic (exact) mass is 590 g/mol. The maximum atomic E-state index is 13.4. The second kappa shape index (κ2) is 11.7. The summed E-state index contributed by atoms with van der Waals surface area (Å²) in [5.74, 6) is 2.51. The molecule has 2 N–H and O–H groups in total. The van der Waals surface area contributed by atoms with Gasteiger partial charge in [-0.3, -0.25) is 9.78 Å². The third-order valence-electron chi connectivity index (χ3n) is 8.62. The molecule has 4 heterocycles. The van der Waals surface area contributed by atoms with Gasteiger partial charge in [-0.2, -0.15) is 0 Å². The van der Waals surface area contributed by atoms with Crippen molar-refractivity contribution < 1.29 is 19.4 Å². The van der Waals surface area contributed by atoms with Crippen molar-refractivity contribution >= 4 is 26.3 Å². The zero-order valence-electron chi connectivity index (χ0n) is 24.4. The lowest BCUT2D eigenvalue weighted by Crippen LogP contribution is -2.65. The highest BCUT2D eigenvalue weighted by Crippen LogP contribution is 2.52. The summed E-state index contributed by atoms with van der Waals surface area (Å²) in [6.07, 6.45) is 7.88. The van der Waals surface area contributed by atoms with Gasteiger partial charge in [0.25, 0.3) is 5.91 Å². The van der Waals surface area contributed by atoms with Crippen LogP contribution in [0, 0.1) is 5.41 Å². The molecule has 10 nitrogen and oxygen atoms in total. The number of amides is 1. The second-order valence-electron chi connectivity index (χ2n) is 11.9. The second-order valence-corrected chi connectivity index (χ2v) is 12.5. The smallest absolute Gasteiger partial charge is 0.257 e. The topological polar surface area (TPSA) is 113 Å². The maximum absolute atomic E-state index is 13.4. The third-order valence-corrected chi connectivity index (χ3v) is 8.98. The molecule has 42 heavy (non-hydrogen) atoms. The van der Waals surface area contributed by atoms with Gasteiger partial charge in [-0.25, -0.2) is 9.97 Å². The van der Waals surface area contributed by atoms with Gasteiger partial charge in [0.2, 0.25) is 0 Å². The number of carbonyl (C=O) groups excluding carboxylic acids is 1. The fourth-order valence-corrected chi connectivity index (χ4v) is 6.84. The minimum Gasteiger partial charge on any atom is -0.490 e. The van der Waals surface area contributed by atoms with Crippen LogP contribution in [0.3, 0.4) is 0 Å². The number of nitrogens with one attached hydrogen (secondary N) is 1. The van der Waals surface area contributed by atoms with E-state index in [4.69, 9.17) is 9.47 Å². The van der Waals surface area contributed by atoms with Gasteiger partial charge in [0.15, 0.2) is 11.6 Å². The van der Waals surface area contributed by atoms with E-state index in [1.54, 1.807) is 12.4 Å². The van der Waals surface area contributed by atoms with E-state index in [2.05, 4.69) is 34.4 Å². The highest BCUT2D eigenvalue weighted by atomic mass is 31.0. The molecular weight excluding hydrogens is 551 g/mol. The zero-order chi connectivity index (χ0) is 29.4.